The number of hydrogen-bond acceptors (Lipinski definition) is 9. The molecule has 0 saturated carbocycles. The molecule has 0 N–H and O–H groups in total. The molecule has 2 saturated heterocycles. The summed E-state index contributed by atoms with van der Waals surface area (Å²) in [6, 6.07) is -0.729. The maximum atomic E-state index is 12.1. The van der Waals surface area contributed by atoms with E-state index >= 15 is 0 Å². The summed E-state index contributed by atoms with van der Waals surface area (Å²) in [5.74, 6) is -0.936. The summed E-state index contributed by atoms with van der Waals surface area (Å²) in [6.45, 7) is 5.46. The van der Waals surface area contributed by atoms with Gasteiger partial charge >= 0.3 is 18.0 Å². The Morgan fingerprint density at radius 3 is 2.40 bits per heavy atom. The number of imide groups is 1. The first kappa shape index (κ1) is 19.5. The van der Waals surface area contributed by atoms with Crippen LogP contribution in [0.4, 0.5) is 4.79 Å². The van der Waals surface area contributed by atoms with E-state index < -0.39 is 53.7 Å². The SMILES string of the molecule is CCS[C@@H]1O[C@H](COC(C)=O)[C@@H](OC(C)=O)[C@@H]2OC(=O)N(C(C)=O)[C@H]21. The summed E-state index contributed by atoms with van der Waals surface area (Å²) < 4.78 is 21.5. The zero-order valence-corrected chi connectivity index (χ0v) is 15.2. The van der Waals surface area contributed by atoms with Gasteiger partial charge in [-0.3, -0.25) is 14.4 Å². The van der Waals surface area contributed by atoms with E-state index in [0.717, 1.165) is 4.90 Å². The first-order chi connectivity index (χ1) is 11.8. The first-order valence-electron chi connectivity index (χ1n) is 7.84. The summed E-state index contributed by atoms with van der Waals surface area (Å²) in [4.78, 5) is 47.6. The minimum atomic E-state index is -0.983. The largest absolute Gasteiger partial charge is 0.463 e. The Morgan fingerprint density at radius 2 is 1.88 bits per heavy atom. The van der Waals surface area contributed by atoms with Crippen LogP contribution in [0.3, 0.4) is 0 Å². The number of amides is 2. The Bertz CT molecular complexity index is 568. The number of carbonyl (C=O) groups excluding carboxylic acids is 4. The van der Waals surface area contributed by atoms with Crippen LogP contribution in [0.25, 0.3) is 0 Å². The number of thioether (sulfide) groups is 1. The fraction of sp³-hybridized carbons (Fsp3) is 0.733. The lowest BCUT2D eigenvalue weighted by Gasteiger charge is -2.42. The van der Waals surface area contributed by atoms with Crippen LogP contribution < -0.4 is 0 Å². The lowest BCUT2D eigenvalue weighted by Crippen LogP contribution is -2.61. The van der Waals surface area contributed by atoms with Crippen molar-refractivity contribution in [1.29, 1.82) is 0 Å². The molecule has 2 fully saturated rings. The normalized spacial score (nSPS) is 31.1. The van der Waals surface area contributed by atoms with E-state index in [-0.39, 0.29) is 6.61 Å². The van der Waals surface area contributed by atoms with E-state index in [1.807, 2.05) is 6.92 Å². The molecule has 0 radical (unpaired) electrons. The molecular weight excluding hydrogens is 354 g/mol. The Balaban J connectivity index is 2.33. The molecule has 9 nitrogen and oxygen atoms in total. The van der Waals surface area contributed by atoms with Gasteiger partial charge in [0.2, 0.25) is 5.91 Å². The third kappa shape index (κ3) is 4.24. The zero-order valence-electron chi connectivity index (χ0n) is 14.4. The van der Waals surface area contributed by atoms with Crippen molar-refractivity contribution in [1.82, 2.24) is 4.90 Å². The summed E-state index contributed by atoms with van der Waals surface area (Å²) in [6.07, 6.45) is -3.49. The summed E-state index contributed by atoms with van der Waals surface area (Å²) >= 11 is 1.38. The Labute approximate surface area is 149 Å². The standard InChI is InChI=1S/C15H21NO8S/c1-5-25-14-11-13(24-15(20)16(11)7(2)17)12(22-9(4)19)10(23-14)6-21-8(3)18/h10-14H,5-6H2,1-4H3/t10-,11-,12-,13-,14+/m1/s1. The minimum absolute atomic E-state index is 0.158. The topological polar surface area (TPSA) is 108 Å². The van der Waals surface area contributed by atoms with Crippen molar-refractivity contribution in [2.24, 2.45) is 0 Å². The predicted molar refractivity (Wildman–Crippen MR) is 85.6 cm³/mol. The molecule has 0 bridgehead atoms. The fourth-order valence-electron chi connectivity index (χ4n) is 2.90. The number of hydrogen-bond donors (Lipinski definition) is 0. The lowest BCUT2D eigenvalue weighted by molar-refractivity contribution is -0.196. The van der Waals surface area contributed by atoms with Crippen LogP contribution in [0.15, 0.2) is 0 Å². The van der Waals surface area contributed by atoms with Crippen molar-refractivity contribution in [3.8, 4) is 0 Å². The molecule has 10 heteroatoms. The molecule has 0 unspecified atom stereocenters. The summed E-state index contributed by atoms with van der Waals surface area (Å²) in [5, 5.41) is 0. The number of esters is 2. The Hall–Kier alpha value is -1.81. The zero-order chi connectivity index (χ0) is 18.7. The number of rotatable bonds is 5. The second kappa shape index (κ2) is 8.05. The van der Waals surface area contributed by atoms with Gasteiger partial charge in [-0.15, -0.1) is 11.8 Å². The third-order valence-corrected chi connectivity index (χ3v) is 4.82. The monoisotopic (exact) mass is 375 g/mol. The van der Waals surface area contributed by atoms with E-state index in [1.165, 1.54) is 32.5 Å². The molecule has 2 aliphatic heterocycles. The highest BCUT2D eigenvalue weighted by Crippen LogP contribution is 2.38. The quantitative estimate of drug-likeness (QED) is 0.506. The van der Waals surface area contributed by atoms with Crippen molar-refractivity contribution in [2.75, 3.05) is 12.4 Å². The highest BCUT2D eigenvalue weighted by atomic mass is 32.2. The summed E-state index contributed by atoms with van der Waals surface area (Å²) in [7, 11) is 0. The number of ether oxygens (including phenoxy) is 4. The smallest absolute Gasteiger partial charge is 0.417 e. The molecule has 0 aliphatic carbocycles. The van der Waals surface area contributed by atoms with Crippen LogP contribution in [0.5, 0.6) is 0 Å². The maximum Gasteiger partial charge on any atom is 0.417 e. The van der Waals surface area contributed by atoms with Gasteiger partial charge in [0.05, 0.1) is 0 Å². The van der Waals surface area contributed by atoms with Gasteiger partial charge < -0.3 is 18.9 Å². The van der Waals surface area contributed by atoms with Crippen LogP contribution in [0.1, 0.15) is 27.7 Å². The van der Waals surface area contributed by atoms with E-state index in [1.54, 1.807) is 0 Å². The summed E-state index contributed by atoms with van der Waals surface area (Å²) in [5.41, 5.74) is -0.585. The van der Waals surface area contributed by atoms with Crippen molar-refractivity contribution in [3.05, 3.63) is 0 Å². The Kier molecular flexibility index (Phi) is 6.28. The molecule has 0 aromatic carbocycles. The molecule has 2 rings (SSSR count). The molecule has 2 amide bonds. The Morgan fingerprint density at radius 1 is 1.20 bits per heavy atom. The molecule has 0 spiro atoms. The van der Waals surface area contributed by atoms with Gasteiger partial charge in [-0.25, -0.2) is 9.69 Å². The molecule has 140 valence electrons. The van der Waals surface area contributed by atoms with Crippen LogP contribution >= 0.6 is 11.8 Å². The van der Waals surface area contributed by atoms with Crippen molar-refractivity contribution in [3.63, 3.8) is 0 Å². The van der Waals surface area contributed by atoms with E-state index in [9.17, 15) is 19.2 Å². The average molecular weight is 375 g/mol. The van der Waals surface area contributed by atoms with E-state index in [0.29, 0.717) is 5.75 Å². The van der Waals surface area contributed by atoms with Crippen molar-refractivity contribution < 1.29 is 38.1 Å². The van der Waals surface area contributed by atoms with Gasteiger partial charge in [-0.2, -0.15) is 0 Å². The maximum absolute atomic E-state index is 12.1. The molecule has 0 aromatic rings. The lowest BCUT2D eigenvalue weighted by atomic mass is 9.97. The molecule has 5 atom stereocenters. The molecule has 2 heterocycles. The molecular formula is C15H21NO8S. The molecule has 25 heavy (non-hydrogen) atoms. The second-order valence-corrected chi connectivity index (χ2v) is 6.98. The minimum Gasteiger partial charge on any atom is -0.463 e. The fourth-order valence-corrected chi connectivity index (χ4v) is 3.92. The van der Waals surface area contributed by atoms with Crippen LogP contribution in [-0.4, -0.2) is 71.0 Å². The van der Waals surface area contributed by atoms with Gasteiger partial charge in [-0.1, -0.05) is 6.92 Å². The first-order valence-corrected chi connectivity index (χ1v) is 8.89. The number of carbonyl (C=O) groups is 4. The predicted octanol–water partition coefficient (Wildman–Crippen LogP) is 0.695. The van der Waals surface area contributed by atoms with Gasteiger partial charge in [0.15, 0.2) is 12.2 Å². The van der Waals surface area contributed by atoms with Crippen LogP contribution in [0.2, 0.25) is 0 Å². The number of nitrogens with zero attached hydrogens (tertiary/aromatic N) is 1. The van der Waals surface area contributed by atoms with Crippen LogP contribution in [0, 0.1) is 0 Å². The third-order valence-electron chi connectivity index (χ3n) is 3.77. The van der Waals surface area contributed by atoms with Crippen molar-refractivity contribution in [2.45, 2.75) is 57.5 Å². The van der Waals surface area contributed by atoms with Gasteiger partial charge in [0.25, 0.3) is 0 Å². The van der Waals surface area contributed by atoms with Gasteiger partial charge in [0.1, 0.15) is 24.2 Å². The molecule has 2 aliphatic rings. The number of fused-ring (bicyclic) bond motifs is 1. The second-order valence-electron chi connectivity index (χ2n) is 5.60. The van der Waals surface area contributed by atoms with E-state index in [2.05, 4.69) is 0 Å². The highest BCUT2D eigenvalue weighted by molar-refractivity contribution is 7.99. The van der Waals surface area contributed by atoms with Crippen LogP contribution in [-0.2, 0) is 33.3 Å². The van der Waals surface area contributed by atoms with E-state index in [4.69, 9.17) is 18.9 Å². The van der Waals surface area contributed by atoms with Crippen molar-refractivity contribution >= 4 is 35.7 Å². The molecule has 0 aromatic heterocycles. The highest BCUT2D eigenvalue weighted by Gasteiger charge is 2.59. The van der Waals surface area contributed by atoms with Gasteiger partial charge in [-0.05, 0) is 5.75 Å². The van der Waals surface area contributed by atoms with Gasteiger partial charge in [0, 0.05) is 20.8 Å². The average Bonchev–Trinajstić information content (AvgIpc) is 2.85.